The van der Waals surface area contributed by atoms with Crippen LogP contribution in [0.3, 0.4) is 0 Å². The van der Waals surface area contributed by atoms with E-state index in [4.69, 9.17) is 0 Å². The molecule has 2 heteroatoms. The van der Waals surface area contributed by atoms with E-state index in [-0.39, 0.29) is 0 Å². The summed E-state index contributed by atoms with van der Waals surface area (Å²) in [5.41, 5.74) is 0. The molecular formula is C10H21NS. The zero-order chi connectivity index (χ0) is 8.81. The van der Waals surface area contributed by atoms with Crippen molar-refractivity contribution in [1.29, 1.82) is 0 Å². The van der Waals surface area contributed by atoms with Crippen molar-refractivity contribution in [3.8, 4) is 0 Å². The molecule has 1 aliphatic heterocycles. The fourth-order valence-electron chi connectivity index (χ4n) is 1.62. The van der Waals surface area contributed by atoms with E-state index in [0.29, 0.717) is 0 Å². The first kappa shape index (κ1) is 10.4. The van der Waals surface area contributed by atoms with Crippen LogP contribution in [-0.4, -0.2) is 23.6 Å². The Morgan fingerprint density at radius 1 is 1.42 bits per heavy atom. The Hall–Kier alpha value is 0.310. The Bertz CT molecular complexity index is 108. The molecule has 0 unspecified atom stereocenters. The zero-order valence-electron chi connectivity index (χ0n) is 8.31. The Morgan fingerprint density at radius 2 is 2.25 bits per heavy atom. The van der Waals surface area contributed by atoms with Crippen molar-refractivity contribution in [2.24, 2.45) is 0 Å². The summed E-state index contributed by atoms with van der Waals surface area (Å²) in [5, 5.41) is 4.38. The van der Waals surface area contributed by atoms with Crippen molar-refractivity contribution in [3.05, 3.63) is 0 Å². The Balaban J connectivity index is 1.98. The number of rotatable bonds is 4. The van der Waals surface area contributed by atoms with Crippen molar-refractivity contribution in [2.45, 2.75) is 50.8 Å². The van der Waals surface area contributed by atoms with Gasteiger partial charge < -0.3 is 5.32 Å². The average molecular weight is 187 g/mol. The highest BCUT2D eigenvalue weighted by molar-refractivity contribution is 7.99. The molecule has 1 heterocycles. The lowest BCUT2D eigenvalue weighted by Crippen LogP contribution is -2.34. The zero-order valence-corrected chi connectivity index (χ0v) is 9.12. The normalized spacial score (nSPS) is 24.8. The molecular weight excluding hydrogens is 166 g/mol. The van der Waals surface area contributed by atoms with Crippen LogP contribution < -0.4 is 5.32 Å². The van der Waals surface area contributed by atoms with E-state index in [1.807, 2.05) is 0 Å². The molecule has 0 spiro atoms. The van der Waals surface area contributed by atoms with Gasteiger partial charge in [-0.3, -0.25) is 0 Å². The summed E-state index contributed by atoms with van der Waals surface area (Å²) in [6.45, 7) is 5.80. The van der Waals surface area contributed by atoms with Crippen molar-refractivity contribution in [1.82, 2.24) is 5.32 Å². The summed E-state index contributed by atoms with van der Waals surface area (Å²) in [6, 6.07) is 0.824. The molecule has 1 atom stereocenters. The number of thioether (sulfide) groups is 1. The summed E-state index contributed by atoms with van der Waals surface area (Å²) in [7, 11) is 0. The number of hydrogen-bond acceptors (Lipinski definition) is 2. The summed E-state index contributed by atoms with van der Waals surface area (Å²) >= 11 is 2.08. The Labute approximate surface area is 80.7 Å². The topological polar surface area (TPSA) is 12.0 Å². The lowest BCUT2D eigenvalue weighted by atomic mass is 10.0. The van der Waals surface area contributed by atoms with E-state index < -0.39 is 0 Å². The van der Waals surface area contributed by atoms with Gasteiger partial charge in [0.15, 0.2) is 0 Å². The van der Waals surface area contributed by atoms with Crippen molar-refractivity contribution >= 4 is 11.8 Å². The van der Waals surface area contributed by atoms with Crippen molar-refractivity contribution in [3.63, 3.8) is 0 Å². The molecule has 0 bridgehead atoms. The summed E-state index contributed by atoms with van der Waals surface area (Å²) in [6.07, 6.45) is 5.58. The molecule has 0 amide bonds. The SMILES string of the molecule is CC(C)SCC[C@H]1CCCCN1. The molecule has 1 N–H and O–H groups in total. The maximum absolute atomic E-state index is 3.58. The number of piperidine rings is 1. The average Bonchev–Trinajstić information content (AvgIpc) is 2.05. The van der Waals surface area contributed by atoms with Crippen molar-refractivity contribution in [2.75, 3.05) is 12.3 Å². The van der Waals surface area contributed by atoms with Gasteiger partial charge in [0, 0.05) is 6.04 Å². The van der Waals surface area contributed by atoms with Crippen LogP contribution in [0.25, 0.3) is 0 Å². The monoisotopic (exact) mass is 187 g/mol. The van der Waals surface area contributed by atoms with Crippen LogP contribution in [0, 0.1) is 0 Å². The maximum Gasteiger partial charge on any atom is 0.00749 e. The molecule has 1 saturated heterocycles. The third-order valence-corrected chi connectivity index (χ3v) is 3.47. The van der Waals surface area contributed by atoms with Gasteiger partial charge in [-0.15, -0.1) is 0 Å². The highest BCUT2D eigenvalue weighted by Gasteiger charge is 2.11. The van der Waals surface area contributed by atoms with Gasteiger partial charge >= 0.3 is 0 Å². The lowest BCUT2D eigenvalue weighted by Gasteiger charge is -2.23. The van der Waals surface area contributed by atoms with Crippen molar-refractivity contribution < 1.29 is 0 Å². The molecule has 1 nitrogen and oxygen atoms in total. The van der Waals surface area contributed by atoms with Crippen LogP contribution in [0.2, 0.25) is 0 Å². The minimum Gasteiger partial charge on any atom is -0.314 e. The van der Waals surface area contributed by atoms with Gasteiger partial charge in [-0.25, -0.2) is 0 Å². The van der Waals surface area contributed by atoms with Crippen LogP contribution in [-0.2, 0) is 0 Å². The highest BCUT2D eigenvalue weighted by atomic mass is 32.2. The van der Waals surface area contributed by atoms with Gasteiger partial charge in [0.1, 0.15) is 0 Å². The van der Waals surface area contributed by atoms with Gasteiger partial charge in [0.25, 0.3) is 0 Å². The second kappa shape index (κ2) is 5.87. The molecule has 1 rings (SSSR count). The first-order chi connectivity index (χ1) is 5.79. The van der Waals surface area contributed by atoms with Crippen LogP contribution in [0.1, 0.15) is 39.5 Å². The third kappa shape index (κ3) is 4.36. The predicted octanol–water partition coefficient (Wildman–Crippen LogP) is 2.66. The second-order valence-electron chi connectivity index (χ2n) is 3.86. The summed E-state index contributed by atoms with van der Waals surface area (Å²) in [4.78, 5) is 0. The predicted molar refractivity (Wildman–Crippen MR) is 57.9 cm³/mol. The molecule has 0 saturated carbocycles. The smallest absolute Gasteiger partial charge is 0.00749 e. The third-order valence-electron chi connectivity index (χ3n) is 2.33. The largest absolute Gasteiger partial charge is 0.314 e. The molecule has 0 aromatic rings. The second-order valence-corrected chi connectivity index (χ2v) is 5.54. The first-order valence-corrected chi connectivity index (χ1v) is 6.19. The Kier molecular flexibility index (Phi) is 5.08. The van der Waals surface area contributed by atoms with Gasteiger partial charge in [0.05, 0.1) is 0 Å². The van der Waals surface area contributed by atoms with Crippen LogP contribution in [0.4, 0.5) is 0 Å². The molecule has 0 aromatic heterocycles. The van der Waals surface area contributed by atoms with Gasteiger partial charge in [-0.1, -0.05) is 20.3 Å². The molecule has 0 aromatic carbocycles. The maximum atomic E-state index is 3.58. The summed E-state index contributed by atoms with van der Waals surface area (Å²) < 4.78 is 0. The molecule has 1 aliphatic rings. The standard InChI is InChI=1S/C10H21NS/c1-9(2)12-8-6-10-5-3-4-7-11-10/h9-11H,3-8H2,1-2H3/t10-/m1/s1. The number of nitrogens with one attached hydrogen (secondary N) is 1. The molecule has 12 heavy (non-hydrogen) atoms. The number of hydrogen-bond donors (Lipinski definition) is 1. The highest BCUT2D eigenvalue weighted by Crippen LogP contribution is 2.15. The molecule has 1 fully saturated rings. The minimum absolute atomic E-state index is 0.800. The Morgan fingerprint density at radius 3 is 2.83 bits per heavy atom. The van der Waals surface area contributed by atoms with E-state index in [2.05, 4.69) is 30.9 Å². The fourth-order valence-corrected chi connectivity index (χ4v) is 2.51. The van der Waals surface area contributed by atoms with E-state index in [0.717, 1.165) is 11.3 Å². The lowest BCUT2D eigenvalue weighted by molar-refractivity contribution is 0.394. The van der Waals surface area contributed by atoms with Crippen LogP contribution >= 0.6 is 11.8 Å². The molecule has 72 valence electrons. The fraction of sp³-hybridized carbons (Fsp3) is 1.00. The van der Waals surface area contributed by atoms with E-state index in [1.54, 1.807) is 0 Å². The minimum atomic E-state index is 0.800. The van der Waals surface area contributed by atoms with E-state index in [1.165, 1.54) is 38.0 Å². The first-order valence-electron chi connectivity index (χ1n) is 5.14. The van der Waals surface area contributed by atoms with Gasteiger partial charge in [-0.2, -0.15) is 11.8 Å². The van der Waals surface area contributed by atoms with Gasteiger partial charge in [0.2, 0.25) is 0 Å². The van der Waals surface area contributed by atoms with E-state index in [9.17, 15) is 0 Å². The quantitative estimate of drug-likeness (QED) is 0.726. The van der Waals surface area contributed by atoms with Crippen LogP contribution in [0.15, 0.2) is 0 Å². The summed E-state index contributed by atoms with van der Waals surface area (Å²) in [5.74, 6) is 1.33. The van der Waals surface area contributed by atoms with E-state index >= 15 is 0 Å². The van der Waals surface area contributed by atoms with Crippen LogP contribution in [0.5, 0.6) is 0 Å². The molecule has 0 aliphatic carbocycles. The van der Waals surface area contributed by atoms with Gasteiger partial charge in [-0.05, 0) is 36.8 Å². The molecule has 0 radical (unpaired) electrons.